The molecule has 0 spiro atoms. The zero-order chi connectivity index (χ0) is 15.3. The maximum Gasteiger partial charge on any atom is 0.222 e. The largest absolute Gasteiger partial charge is 0.389 e. The van der Waals surface area contributed by atoms with Gasteiger partial charge in [-0.05, 0) is 38.1 Å². The van der Waals surface area contributed by atoms with Gasteiger partial charge in [-0.1, -0.05) is 6.07 Å². The molecular formula is C16H26N2O2S. The fraction of sp³-hybridized carbons (Fsp3) is 0.688. The molecule has 1 aromatic rings. The predicted molar refractivity (Wildman–Crippen MR) is 86.6 cm³/mol. The van der Waals surface area contributed by atoms with Crippen LogP contribution in [0.25, 0.3) is 0 Å². The van der Waals surface area contributed by atoms with Crippen LogP contribution >= 0.6 is 11.3 Å². The molecule has 1 fully saturated rings. The van der Waals surface area contributed by atoms with Crippen LogP contribution < -0.4 is 0 Å². The number of amides is 1. The lowest BCUT2D eigenvalue weighted by molar-refractivity contribution is -0.133. The number of β-amino-alcohol motifs (C(OH)–C–C–N with tert-alkyl or cyclic N) is 1. The number of carbonyl (C=O) groups is 1. The van der Waals surface area contributed by atoms with Crippen molar-refractivity contribution >= 4 is 17.2 Å². The Balaban J connectivity index is 1.66. The first kappa shape index (κ1) is 16.5. The maximum atomic E-state index is 12.2. The highest BCUT2D eigenvalue weighted by atomic mass is 32.1. The molecule has 118 valence electrons. The van der Waals surface area contributed by atoms with E-state index in [1.165, 1.54) is 4.88 Å². The third-order valence-corrected chi connectivity index (χ3v) is 4.67. The summed E-state index contributed by atoms with van der Waals surface area (Å²) >= 11 is 1.76. The lowest BCUT2D eigenvalue weighted by Gasteiger charge is -2.37. The monoisotopic (exact) mass is 310 g/mol. The number of rotatable bonds is 6. The minimum Gasteiger partial charge on any atom is -0.389 e. The molecule has 0 unspecified atom stereocenters. The molecule has 5 heteroatoms. The molecule has 0 aliphatic carbocycles. The van der Waals surface area contributed by atoms with Gasteiger partial charge in [-0.15, -0.1) is 11.3 Å². The van der Waals surface area contributed by atoms with E-state index in [0.29, 0.717) is 13.0 Å². The molecule has 1 saturated heterocycles. The van der Waals surface area contributed by atoms with Crippen LogP contribution in [0.1, 0.15) is 31.6 Å². The second-order valence-corrected chi connectivity index (χ2v) is 7.43. The van der Waals surface area contributed by atoms with Crippen LogP contribution in [0.4, 0.5) is 0 Å². The number of thiophene rings is 1. The summed E-state index contributed by atoms with van der Waals surface area (Å²) in [6, 6.07) is 4.19. The average molecular weight is 310 g/mol. The lowest BCUT2D eigenvalue weighted by atomic mass is 10.1. The molecular weight excluding hydrogens is 284 g/mol. The van der Waals surface area contributed by atoms with E-state index in [-0.39, 0.29) is 5.91 Å². The fourth-order valence-corrected chi connectivity index (χ4v) is 3.48. The smallest absolute Gasteiger partial charge is 0.222 e. The summed E-state index contributed by atoms with van der Waals surface area (Å²) < 4.78 is 0. The molecule has 1 amide bonds. The van der Waals surface area contributed by atoms with Crippen LogP contribution in [0.5, 0.6) is 0 Å². The second kappa shape index (κ2) is 7.38. The van der Waals surface area contributed by atoms with E-state index in [1.54, 1.807) is 11.3 Å². The highest BCUT2D eigenvalue weighted by molar-refractivity contribution is 7.09. The Labute approximate surface area is 131 Å². The third kappa shape index (κ3) is 5.77. The highest BCUT2D eigenvalue weighted by Gasteiger charge is 2.24. The average Bonchev–Trinajstić information content (AvgIpc) is 2.91. The number of aliphatic hydroxyl groups is 1. The quantitative estimate of drug-likeness (QED) is 0.874. The summed E-state index contributed by atoms with van der Waals surface area (Å²) in [5, 5.41) is 11.9. The molecule has 1 aliphatic heterocycles. The maximum absolute atomic E-state index is 12.2. The Hall–Kier alpha value is -0.910. The summed E-state index contributed by atoms with van der Waals surface area (Å²) in [7, 11) is 0. The van der Waals surface area contributed by atoms with Gasteiger partial charge in [-0.3, -0.25) is 9.69 Å². The molecule has 1 N–H and O–H groups in total. The van der Waals surface area contributed by atoms with Crippen LogP contribution in [0.2, 0.25) is 0 Å². The highest BCUT2D eigenvalue weighted by Crippen LogP contribution is 2.14. The van der Waals surface area contributed by atoms with E-state index in [2.05, 4.69) is 22.4 Å². The standard InChI is InChI=1S/C16H26N2O2S/c1-16(2,20)13-17-8-10-18(11-9-17)15(19)7-3-5-14-6-4-12-21-14/h4,6,12,20H,3,5,7-11,13H2,1-2H3. The summed E-state index contributed by atoms with van der Waals surface area (Å²) in [6.07, 6.45) is 2.58. The van der Waals surface area contributed by atoms with Gasteiger partial charge < -0.3 is 10.0 Å². The van der Waals surface area contributed by atoms with Gasteiger partial charge in [0.05, 0.1) is 5.60 Å². The van der Waals surface area contributed by atoms with Crippen molar-refractivity contribution in [1.82, 2.24) is 9.80 Å². The zero-order valence-electron chi connectivity index (χ0n) is 13.0. The van der Waals surface area contributed by atoms with Crippen molar-refractivity contribution in [2.75, 3.05) is 32.7 Å². The van der Waals surface area contributed by atoms with Crippen molar-refractivity contribution in [3.05, 3.63) is 22.4 Å². The van der Waals surface area contributed by atoms with Crippen molar-refractivity contribution in [1.29, 1.82) is 0 Å². The topological polar surface area (TPSA) is 43.8 Å². The third-order valence-electron chi connectivity index (χ3n) is 3.73. The predicted octanol–water partition coefficient (Wildman–Crippen LogP) is 1.99. The first-order valence-corrected chi connectivity index (χ1v) is 8.57. The molecule has 0 atom stereocenters. The molecule has 0 aromatic carbocycles. The number of piperazine rings is 1. The summed E-state index contributed by atoms with van der Waals surface area (Å²) in [5.74, 6) is 0.273. The van der Waals surface area contributed by atoms with Crippen molar-refractivity contribution < 1.29 is 9.90 Å². The SMILES string of the molecule is CC(C)(O)CN1CCN(C(=O)CCCc2cccs2)CC1. The van der Waals surface area contributed by atoms with Crippen molar-refractivity contribution in [3.8, 4) is 0 Å². The molecule has 1 aliphatic rings. The Morgan fingerprint density at radius 2 is 2.05 bits per heavy atom. The van der Waals surface area contributed by atoms with E-state index >= 15 is 0 Å². The van der Waals surface area contributed by atoms with Crippen LogP contribution in [-0.2, 0) is 11.2 Å². The molecule has 4 nitrogen and oxygen atoms in total. The first-order chi connectivity index (χ1) is 9.94. The molecule has 2 rings (SSSR count). The van der Waals surface area contributed by atoms with E-state index in [0.717, 1.165) is 39.0 Å². The Morgan fingerprint density at radius 3 is 2.62 bits per heavy atom. The molecule has 0 saturated carbocycles. The molecule has 1 aromatic heterocycles. The molecule has 2 heterocycles. The number of hydrogen-bond acceptors (Lipinski definition) is 4. The number of nitrogens with zero attached hydrogens (tertiary/aromatic N) is 2. The van der Waals surface area contributed by atoms with Crippen molar-refractivity contribution in [2.24, 2.45) is 0 Å². The Kier molecular flexibility index (Phi) is 5.79. The Morgan fingerprint density at radius 1 is 1.33 bits per heavy atom. The van der Waals surface area contributed by atoms with Gasteiger partial charge in [0.1, 0.15) is 0 Å². The minimum atomic E-state index is -0.660. The second-order valence-electron chi connectivity index (χ2n) is 6.40. The van der Waals surface area contributed by atoms with Gasteiger partial charge in [0.15, 0.2) is 0 Å². The van der Waals surface area contributed by atoms with Gasteiger partial charge in [-0.25, -0.2) is 0 Å². The summed E-state index contributed by atoms with van der Waals surface area (Å²) in [6.45, 7) is 7.63. The van der Waals surface area contributed by atoms with E-state index < -0.39 is 5.60 Å². The van der Waals surface area contributed by atoms with Gasteiger partial charge >= 0.3 is 0 Å². The van der Waals surface area contributed by atoms with E-state index in [1.807, 2.05) is 18.7 Å². The molecule has 21 heavy (non-hydrogen) atoms. The molecule has 0 radical (unpaired) electrons. The van der Waals surface area contributed by atoms with Crippen molar-refractivity contribution in [2.45, 2.75) is 38.7 Å². The Bertz CT molecular complexity index is 432. The number of aryl methyl sites for hydroxylation is 1. The fourth-order valence-electron chi connectivity index (χ4n) is 2.73. The van der Waals surface area contributed by atoms with Crippen LogP contribution in [0, 0.1) is 0 Å². The van der Waals surface area contributed by atoms with Gasteiger partial charge in [0.2, 0.25) is 5.91 Å². The number of carbonyl (C=O) groups excluding carboxylic acids is 1. The van der Waals surface area contributed by atoms with Crippen LogP contribution in [-0.4, -0.2) is 59.1 Å². The van der Waals surface area contributed by atoms with E-state index in [4.69, 9.17) is 0 Å². The first-order valence-electron chi connectivity index (χ1n) is 7.69. The zero-order valence-corrected chi connectivity index (χ0v) is 13.9. The van der Waals surface area contributed by atoms with Crippen molar-refractivity contribution in [3.63, 3.8) is 0 Å². The van der Waals surface area contributed by atoms with Gasteiger partial charge in [0.25, 0.3) is 0 Å². The van der Waals surface area contributed by atoms with Gasteiger partial charge in [0, 0.05) is 44.0 Å². The molecule has 0 bridgehead atoms. The number of hydrogen-bond donors (Lipinski definition) is 1. The van der Waals surface area contributed by atoms with Gasteiger partial charge in [-0.2, -0.15) is 0 Å². The normalized spacial score (nSPS) is 17.2. The summed E-state index contributed by atoms with van der Waals surface area (Å²) in [5.41, 5.74) is -0.660. The summed E-state index contributed by atoms with van der Waals surface area (Å²) in [4.78, 5) is 17.7. The van der Waals surface area contributed by atoms with Crippen LogP contribution in [0.15, 0.2) is 17.5 Å². The van der Waals surface area contributed by atoms with E-state index in [9.17, 15) is 9.90 Å². The lowest BCUT2D eigenvalue weighted by Crippen LogP contribution is -2.51. The van der Waals surface area contributed by atoms with Crippen LogP contribution in [0.3, 0.4) is 0 Å². The minimum absolute atomic E-state index is 0.273.